The number of rotatable bonds is 8. The van der Waals surface area contributed by atoms with Gasteiger partial charge in [0.2, 0.25) is 0 Å². The number of amides is 1. The van der Waals surface area contributed by atoms with E-state index in [9.17, 15) is 9.59 Å². The zero-order valence-electron chi connectivity index (χ0n) is 15.5. The largest absolute Gasteiger partial charge is 0.492 e. The number of likely N-dealkylation sites (N-methyl/N-ethyl adjacent to an activating group) is 1. The van der Waals surface area contributed by atoms with Crippen LogP contribution in [0.4, 0.5) is 0 Å². The topological polar surface area (TPSA) is 104 Å². The number of ether oxygens (including phenoxy) is 1. The highest BCUT2D eigenvalue weighted by Gasteiger charge is 2.10. The number of nitrogens with two attached hydrogens (primary N) is 1. The predicted octanol–water partition coefficient (Wildman–Crippen LogP) is 2.34. The number of aromatic nitrogens is 2. The molecule has 3 aromatic rings. The van der Waals surface area contributed by atoms with Gasteiger partial charge in [0.25, 0.3) is 11.5 Å². The van der Waals surface area contributed by atoms with Crippen molar-refractivity contribution in [2.45, 2.75) is 13.8 Å². The number of nitrogens with one attached hydrogen (secondary N) is 2. The Morgan fingerprint density at radius 3 is 2.56 bits per heavy atom. The van der Waals surface area contributed by atoms with E-state index in [1.807, 2.05) is 24.3 Å². The molecule has 0 unspecified atom stereocenters. The van der Waals surface area contributed by atoms with Gasteiger partial charge in [-0.2, -0.15) is 0 Å². The number of hydrogen-bond acceptors (Lipinski definition) is 4. The first-order chi connectivity index (χ1) is 13.0. The highest BCUT2D eigenvalue weighted by atomic mass is 16.5. The van der Waals surface area contributed by atoms with E-state index in [0.717, 1.165) is 36.3 Å². The fourth-order valence-electron chi connectivity index (χ4n) is 3.00. The zero-order chi connectivity index (χ0) is 19.4. The molecule has 27 heavy (non-hydrogen) atoms. The van der Waals surface area contributed by atoms with Crippen LogP contribution >= 0.6 is 0 Å². The summed E-state index contributed by atoms with van der Waals surface area (Å²) in [6, 6.07) is 10.8. The Labute approximate surface area is 157 Å². The monoisotopic (exact) mass is 368 g/mol. The lowest BCUT2D eigenvalue weighted by Gasteiger charge is -2.17. The van der Waals surface area contributed by atoms with Crippen LogP contribution in [0.3, 0.4) is 0 Å². The standard InChI is InChI=1S/C20H24N4O3/c1-3-24(4-2)9-10-27-14-6-5-13-11-18(22-17(13)12-14)15-7-8-16(19(21)25)23-20(15)26/h5-8,11-12,22H,3-4,9-10H2,1-2H3,(H2,21,25)(H,23,26). The normalized spacial score (nSPS) is 11.2. The molecule has 0 aliphatic heterocycles. The number of nitrogens with zero attached hydrogens (tertiary/aromatic N) is 1. The van der Waals surface area contributed by atoms with Gasteiger partial charge in [0.05, 0.1) is 11.3 Å². The summed E-state index contributed by atoms with van der Waals surface area (Å²) in [4.78, 5) is 31.4. The van der Waals surface area contributed by atoms with Crippen molar-refractivity contribution >= 4 is 16.8 Å². The fourth-order valence-corrected chi connectivity index (χ4v) is 3.00. The Balaban J connectivity index is 1.80. The molecule has 2 aromatic heterocycles. The molecule has 7 nitrogen and oxygen atoms in total. The van der Waals surface area contributed by atoms with Crippen LogP contribution in [0.25, 0.3) is 22.2 Å². The van der Waals surface area contributed by atoms with Crippen molar-refractivity contribution in [2.75, 3.05) is 26.2 Å². The SMILES string of the molecule is CCN(CC)CCOc1ccc2cc(-c3ccc(C(N)=O)[nH]c3=O)[nH]c2c1. The first-order valence-electron chi connectivity index (χ1n) is 9.03. The molecule has 0 fully saturated rings. The van der Waals surface area contributed by atoms with Crippen LogP contribution in [0.15, 0.2) is 41.2 Å². The minimum atomic E-state index is -0.665. The number of benzene rings is 1. The molecular formula is C20H24N4O3. The predicted molar refractivity (Wildman–Crippen MR) is 106 cm³/mol. The molecule has 2 heterocycles. The fraction of sp³-hybridized carbons (Fsp3) is 0.300. The molecule has 3 rings (SSSR count). The average molecular weight is 368 g/mol. The van der Waals surface area contributed by atoms with Gasteiger partial charge < -0.3 is 25.3 Å². The molecule has 1 aromatic carbocycles. The third kappa shape index (κ3) is 4.20. The molecule has 4 N–H and O–H groups in total. The van der Waals surface area contributed by atoms with Crippen molar-refractivity contribution < 1.29 is 9.53 Å². The number of H-pyrrole nitrogens is 2. The zero-order valence-corrected chi connectivity index (χ0v) is 15.5. The number of pyridine rings is 1. The molecule has 1 amide bonds. The summed E-state index contributed by atoms with van der Waals surface area (Å²) >= 11 is 0. The van der Waals surface area contributed by atoms with Crippen LogP contribution in [0, 0.1) is 0 Å². The van der Waals surface area contributed by atoms with Crippen LogP contribution in [0.2, 0.25) is 0 Å². The lowest BCUT2D eigenvalue weighted by Crippen LogP contribution is -2.27. The number of carbonyl (C=O) groups is 1. The second kappa shape index (κ2) is 8.09. The Kier molecular flexibility index (Phi) is 5.61. The third-order valence-corrected chi connectivity index (χ3v) is 4.63. The van der Waals surface area contributed by atoms with Gasteiger partial charge in [-0.1, -0.05) is 13.8 Å². The average Bonchev–Trinajstić information content (AvgIpc) is 3.08. The van der Waals surface area contributed by atoms with Crippen molar-refractivity contribution in [3.63, 3.8) is 0 Å². The molecule has 0 aliphatic rings. The third-order valence-electron chi connectivity index (χ3n) is 4.63. The number of carbonyl (C=O) groups excluding carboxylic acids is 1. The molecule has 0 bridgehead atoms. The van der Waals surface area contributed by atoms with Gasteiger partial charge in [0.1, 0.15) is 18.1 Å². The second-order valence-corrected chi connectivity index (χ2v) is 6.29. The van der Waals surface area contributed by atoms with Crippen LogP contribution in [0.5, 0.6) is 5.75 Å². The Hall–Kier alpha value is -3.06. The summed E-state index contributed by atoms with van der Waals surface area (Å²) in [5, 5.41) is 0.972. The van der Waals surface area contributed by atoms with Crippen LogP contribution in [0.1, 0.15) is 24.3 Å². The Morgan fingerprint density at radius 1 is 1.11 bits per heavy atom. The van der Waals surface area contributed by atoms with Gasteiger partial charge in [-0.3, -0.25) is 9.59 Å². The molecule has 0 aliphatic carbocycles. The van der Waals surface area contributed by atoms with Gasteiger partial charge in [-0.15, -0.1) is 0 Å². The summed E-state index contributed by atoms with van der Waals surface area (Å²) in [5.74, 6) is 0.114. The van der Waals surface area contributed by atoms with E-state index in [4.69, 9.17) is 10.5 Å². The van der Waals surface area contributed by atoms with E-state index in [0.29, 0.717) is 17.9 Å². The molecule has 0 saturated carbocycles. The lowest BCUT2D eigenvalue weighted by atomic mass is 10.1. The minimum Gasteiger partial charge on any atom is -0.492 e. The smallest absolute Gasteiger partial charge is 0.265 e. The molecule has 142 valence electrons. The van der Waals surface area contributed by atoms with Crippen molar-refractivity contribution in [3.05, 3.63) is 52.4 Å². The minimum absolute atomic E-state index is 0.0868. The molecular weight excluding hydrogens is 344 g/mol. The summed E-state index contributed by atoms with van der Waals surface area (Å²) < 4.78 is 5.85. The lowest BCUT2D eigenvalue weighted by molar-refractivity contribution is 0.0995. The Morgan fingerprint density at radius 2 is 1.89 bits per heavy atom. The van der Waals surface area contributed by atoms with Crippen molar-refractivity contribution in [3.8, 4) is 17.0 Å². The van der Waals surface area contributed by atoms with E-state index in [2.05, 4.69) is 28.7 Å². The van der Waals surface area contributed by atoms with Gasteiger partial charge in [-0.25, -0.2) is 0 Å². The summed E-state index contributed by atoms with van der Waals surface area (Å²) in [7, 11) is 0. The Bertz CT molecular complexity index is 1000. The van der Waals surface area contributed by atoms with Gasteiger partial charge in [0, 0.05) is 23.5 Å². The van der Waals surface area contributed by atoms with E-state index in [1.165, 1.54) is 6.07 Å². The van der Waals surface area contributed by atoms with Crippen molar-refractivity contribution in [1.29, 1.82) is 0 Å². The summed E-state index contributed by atoms with van der Waals surface area (Å²) in [5.41, 5.74) is 6.90. The summed E-state index contributed by atoms with van der Waals surface area (Å²) in [6.45, 7) is 7.77. The second-order valence-electron chi connectivity index (χ2n) is 6.29. The van der Waals surface area contributed by atoms with E-state index in [-0.39, 0.29) is 11.3 Å². The molecule has 0 spiro atoms. The van der Waals surface area contributed by atoms with E-state index in [1.54, 1.807) is 6.07 Å². The van der Waals surface area contributed by atoms with Crippen molar-refractivity contribution in [1.82, 2.24) is 14.9 Å². The maximum atomic E-state index is 12.2. The maximum absolute atomic E-state index is 12.2. The molecule has 0 atom stereocenters. The molecule has 0 saturated heterocycles. The van der Waals surface area contributed by atoms with Crippen LogP contribution in [-0.4, -0.2) is 47.0 Å². The number of primary amides is 1. The van der Waals surface area contributed by atoms with Crippen LogP contribution < -0.4 is 16.0 Å². The van der Waals surface area contributed by atoms with Gasteiger partial charge in [0.15, 0.2) is 0 Å². The maximum Gasteiger partial charge on any atom is 0.265 e. The van der Waals surface area contributed by atoms with Gasteiger partial charge in [-0.05, 0) is 43.4 Å². The molecule has 0 radical (unpaired) electrons. The number of aromatic amines is 2. The van der Waals surface area contributed by atoms with Gasteiger partial charge >= 0.3 is 0 Å². The van der Waals surface area contributed by atoms with E-state index >= 15 is 0 Å². The number of hydrogen-bond donors (Lipinski definition) is 3. The number of fused-ring (bicyclic) bond motifs is 1. The quantitative estimate of drug-likeness (QED) is 0.568. The van der Waals surface area contributed by atoms with Crippen molar-refractivity contribution in [2.24, 2.45) is 5.73 Å². The highest BCUT2D eigenvalue weighted by Crippen LogP contribution is 2.25. The summed E-state index contributed by atoms with van der Waals surface area (Å²) in [6.07, 6.45) is 0. The van der Waals surface area contributed by atoms with E-state index < -0.39 is 5.91 Å². The van der Waals surface area contributed by atoms with Crippen LogP contribution in [-0.2, 0) is 0 Å². The first kappa shape index (κ1) is 18.7. The molecule has 7 heteroatoms. The first-order valence-corrected chi connectivity index (χ1v) is 9.03. The highest BCUT2D eigenvalue weighted by molar-refractivity contribution is 5.91.